The zero-order valence-electron chi connectivity index (χ0n) is 17.0. The average molecular weight is 367 g/mol. The maximum absolute atomic E-state index is 13.5. The third kappa shape index (κ3) is 3.55. The highest BCUT2D eigenvalue weighted by Crippen LogP contribution is 2.27. The molecule has 0 radical (unpaired) electrons. The van der Waals surface area contributed by atoms with Gasteiger partial charge in [0, 0.05) is 31.2 Å². The van der Waals surface area contributed by atoms with E-state index in [2.05, 4.69) is 18.8 Å². The SMILES string of the molecule is CCCC[C@H]1C(=O)N(C)CCN1C(=O)c1cc(C)nc2c(C)c(C)ccc12. The number of carbonyl (C=O) groups excluding carboxylic acids is 2. The predicted octanol–water partition coefficient (Wildman–Crippen LogP) is 3.63. The van der Waals surface area contributed by atoms with Gasteiger partial charge in [-0.25, -0.2) is 0 Å². The van der Waals surface area contributed by atoms with Crippen LogP contribution >= 0.6 is 0 Å². The minimum atomic E-state index is -0.369. The molecule has 0 spiro atoms. The quantitative estimate of drug-likeness (QED) is 0.829. The Morgan fingerprint density at radius 1 is 1.22 bits per heavy atom. The molecule has 1 aromatic heterocycles. The smallest absolute Gasteiger partial charge is 0.255 e. The van der Waals surface area contributed by atoms with Crippen molar-refractivity contribution in [2.45, 2.75) is 53.0 Å². The van der Waals surface area contributed by atoms with Gasteiger partial charge in [0.1, 0.15) is 6.04 Å². The Labute approximate surface area is 161 Å². The fourth-order valence-electron chi connectivity index (χ4n) is 3.82. The van der Waals surface area contributed by atoms with Gasteiger partial charge in [-0.15, -0.1) is 0 Å². The number of carbonyl (C=O) groups is 2. The van der Waals surface area contributed by atoms with E-state index in [0.29, 0.717) is 25.1 Å². The highest BCUT2D eigenvalue weighted by molar-refractivity contribution is 6.08. The second kappa shape index (κ2) is 7.67. The van der Waals surface area contributed by atoms with Gasteiger partial charge in [-0.05, 0) is 44.4 Å². The van der Waals surface area contributed by atoms with E-state index in [0.717, 1.165) is 40.6 Å². The molecule has 1 saturated heterocycles. The summed E-state index contributed by atoms with van der Waals surface area (Å²) in [5.74, 6) is -0.0125. The van der Waals surface area contributed by atoms with Crippen LogP contribution in [0.15, 0.2) is 18.2 Å². The van der Waals surface area contributed by atoms with E-state index in [4.69, 9.17) is 0 Å². The Kier molecular flexibility index (Phi) is 5.49. The first kappa shape index (κ1) is 19.3. The minimum Gasteiger partial charge on any atom is -0.342 e. The first-order chi connectivity index (χ1) is 12.8. The Morgan fingerprint density at radius 3 is 2.67 bits per heavy atom. The zero-order chi connectivity index (χ0) is 19.7. The third-order valence-electron chi connectivity index (χ3n) is 5.67. The molecule has 0 bridgehead atoms. The molecule has 5 nitrogen and oxygen atoms in total. The number of aryl methyl sites for hydroxylation is 3. The number of hydrogen-bond donors (Lipinski definition) is 0. The molecule has 3 rings (SSSR count). The van der Waals surface area contributed by atoms with Crippen molar-refractivity contribution in [3.05, 3.63) is 40.6 Å². The van der Waals surface area contributed by atoms with Crippen LogP contribution in [0.25, 0.3) is 10.9 Å². The Balaban J connectivity index is 2.06. The van der Waals surface area contributed by atoms with E-state index in [9.17, 15) is 9.59 Å². The summed E-state index contributed by atoms with van der Waals surface area (Å²) < 4.78 is 0. The molecule has 2 heterocycles. The third-order valence-corrected chi connectivity index (χ3v) is 5.67. The number of pyridine rings is 1. The van der Waals surface area contributed by atoms with Crippen molar-refractivity contribution in [2.75, 3.05) is 20.1 Å². The molecule has 27 heavy (non-hydrogen) atoms. The zero-order valence-corrected chi connectivity index (χ0v) is 17.0. The molecule has 1 atom stereocenters. The molecule has 0 N–H and O–H groups in total. The highest BCUT2D eigenvalue weighted by atomic mass is 16.2. The summed E-state index contributed by atoms with van der Waals surface area (Å²) in [5, 5.41) is 0.870. The number of aromatic nitrogens is 1. The van der Waals surface area contributed by atoms with Gasteiger partial charge in [-0.2, -0.15) is 0 Å². The summed E-state index contributed by atoms with van der Waals surface area (Å²) in [4.78, 5) is 34.4. The standard InChI is InChI=1S/C22H29N3O2/c1-6-7-8-19-22(27)24(5)11-12-25(19)21(26)18-13-15(3)23-20-16(4)14(2)9-10-17(18)20/h9-10,13,19H,6-8,11-12H2,1-5H3/t19-/m0/s1. The van der Waals surface area contributed by atoms with Gasteiger partial charge in [-0.3, -0.25) is 14.6 Å². The highest BCUT2D eigenvalue weighted by Gasteiger charge is 2.36. The van der Waals surface area contributed by atoms with Crippen LogP contribution in [0.5, 0.6) is 0 Å². The van der Waals surface area contributed by atoms with E-state index >= 15 is 0 Å². The molecule has 0 saturated carbocycles. The normalized spacial score (nSPS) is 17.7. The minimum absolute atomic E-state index is 0.0464. The van der Waals surface area contributed by atoms with Gasteiger partial charge < -0.3 is 9.80 Å². The molecule has 0 unspecified atom stereocenters. The van der Waals surface area contributed by atoms with E-state index in [1.165, 1.54) is 0 Å². The van der Waals surface area contributed by atoms with Crippen molar-refractivity contribution < 1.29 is 9.59 Å². The molecule has 5 heteroatoms. The summed E-state index contributed by atoms with van der Waals surface area (Å²) >= 11 is 0. The summed E-state index contributed by atoms with van der Waals surface area (Å²) in [6.07, 6.45) is 2.65. The van der Waals surface area contributed by atoms with Gasteiger partial charge in [0.15, 0.2) is 0 Å². The Bertz CT molecular complexity index is 891. The maximum atomic E-state index is 13.5. The number of amides is 2. The predicted molar refractivity (Wildman–Crippen MR) is 108 cm³/mol. The second-order valence-corrected chi connectivity index (χ2v) is 7.63. The number of piperazine rings is 1. The van der Waals surface area contributed by atoms with Crippen LogP contribution in [0.3, 0.4) is 0 Å². The van der Waals surface area contributed by atoms with E-state index in [-0.39, 0.29) is 17.9 Å². The van der Waals surface area contributed by atoms with E-state index in [1.54, 1.807) is 9.80 Å². The summed E-state index contributed by atoms with van der Waals surface area (Å²) in [6.45, 7) is 9.27. The van der Waals surface area contributed by atoms with Crippen LogP contribution in [0.2, 0.25) is 0 Å². The second-order valence-electron chi connectivity index (χ2n) is 7.63. The molecule has 1 fully saturated rings. The summed E-state index contributed by atoms with van der Waals surface area (Å²) in [6, 6.07) is 5.51. The lowest BCUT2D eigenvalue weighted by Crippen LogP contribution is -2.57. The lowest BCUT2D eigenvalue weighted by molar-refractivity contribution is -0.138. The van der Waals surface area contributed by atoms with Crippen LogP contribution in [0.4, 0.5) is 0 Å². The number of nitrogens with zero attached hydrogens (tertiary/aromatic N) is 3. The number of benzene rings is 1. The molecule has 144 valence electrons. The van der Waals surface area contributed by atoms with Crippen LogP contribution in [-0.2, 0) is 4.79 Å². The first-order valence-electron chi connectivity index (χ1n) is 9.78. The van der Waals surface area contributed by atoms with Gasteiger partial charge in [-0.1, -0.05) is 31.9 Å². The van der Waals surface area contributed by atoms with E-state index in [1.807, 2.05) is 39.1 Å². The lowest BCUT2D eigenvalue weighted by Gasteiger charge is -2.39. The molecular formula is C22H29N3O2. The molecule has 2 amide bonds. The summed E-state index contributed by atoms with van der Waals surface area (Å²) in [7, 11) is 1.82. The lowest BCUT2D eigenvalue weighted by atomic mass is 9.98. The van der Waals surface area contributed by atoms with Gasteiger partial charge in [0.2, 0.25) is 5.91 Å². The summed E-state index contributed by atoms with van der Waals surface area (Å²) in [5.41, 5.74) is 4.62. The van der Waals surface area contributed by atoms with Crippen LogP contribution in [0.1, 0.15) is 53.4 Å². The van der Waals surface area contributed by atoms with Crippen molar-refractivity contribution in [2.24, 2.45) is 0 Å². The number of unbranched alkanes of at least 4 members (excludes halogenated alkanes) is 1. The van der Waals surface area contributed by atoms with Crippen molar-refractivity contribution in [3.8, 4) is 0 Å². The van der Waals surface area contributed by atoms with Crippen LogP contribution in [-0.4, -0.2) is 52.8 Å². The average Bonchev–Trinajstić information content (AvgIpc) is 2.65. The van der Waals surface area contributed by atoms with Crippen LogP contribution in [0, 0.1) is 20.8 Å². The molecule has 1 aliphatic rings. The molecule has 1 aliphatic heterocycles. The Hall–Kier alpha value is -2.43. The van der Waals surface area contributed by atoms with Crippen molar-refractivity contribution >= 4 is 22.7 Å². The van der Waals surface area contributed by atoms with Crippen molar-refractivity contribution in [1.82, 2.24) is 14.8 Å². The van der Waals surface area contributed by atoms with Gasteiger partial charge in [0.25, 0.3) is 5.91 Å². The fourth-order valence-corrected chi connectivity index (χ4v) is 3.82. The number of hydrogen-bond acceptors (Lipinski definition) is 3. The van der Waals surface area contributed by atoms with Crippen molar-refractivity contribution in [3.63, 3.8) is 0 Å². The number of likely N-dealkylation sites (N-methyl/N-ethyl adjacent to an activating group) is 1. The van der Waals surface area contributed by atoms with Gasteiger partial charge in [0.05, 0.1) is 11.1 Å². The van der Waals surface area contributed by atoms with Crippen LogP contribution < -0.4 is 0 Å². The molecular weight excluding hydrogens is 338 g/mol. The monoisotopic (exact) mass is 367 g/mol. The number of fused-ring (bicyclic) bond motifs is 1. The Morgan fingerprint density at radius 2 is 1.96 bits per heavy atom. The maximum Gasteiger partial charge on any atom is 0.255 e. The molecule has 1 aromatic carbocycles. The van der Waals surface area contributed by atoms with Crippen molar-refractivity contribution in [1.29, 1.82) is 0 Å². The largest absolute Gasteiger partial charge is 0.342 e. The first-order valence-corrected chi connectivity index (χ1v) is 9.78. The van der Waals surface area contributed by atoms with E-state index < -0.39 is 0 Å². The molecule has 0 aliphatic carbocycles. The number of rotatable bonds is 4. The fraction of sp³-hybridized carbons (Fsp3) is 0.500. The topological polar surface area (TPSA) is 53.5 Å². The van der Waals surface area contributed by atoms with Gasteiger partial charge >= 0.3 is 0 Å². The molecule has 2 aromatic rings.